The molecule has 1 saturated heterocycles. The molecule has 2 aliphatic rings. The number of amides is 1. The summed E-state index contributed by atoms with van der Waals surface area (Å²) >= 11 is 0. The maximum atomic E-state index is 12.3. The maximum absolute atomic E-state index is 12.3. The Morgan fingerprint density at radius 2 is 2.18 bits per heavy atom. The summed E-state index contributed by atoms with van der Waals surface area (Å²) in [5.74, 6) is 0.473. The van der Waals surface area contributed by atoms with Crippen molar-refractivity contribution in [2.24, 2.45) is 5.92 Å². The van der Waals surface area contributed by atoms with Crippen molar-refractivity contribution >= 4 is 16.9 Å². The van der Waals surface area contributed by atoms with E-state index < -0.39 is 0 Å². The van der Waals surface area contributed by atoms with Crippen LogP contribution in [0.15, 0.2) is 30.5 Å². The number of nitrogens with zero attached hydrogens (tertiary/aromatic N) is 3. The van der Waals surface area contributed by atoms with Gasteiger partial charge in [0.05, 0.1) is 0 Å². The van der Waals surface area contributed by atoms with Crippen molar-refractivity contribution in [3.8, 4) is 0 Å². The molecule has 114 valence electrons. The number of fused-ring (bicyclic) bond motifs is 1. The molecule has 5 nitrogen and oxygen atoms in total. The second-order valence-corrected chi connectivity index (χ2v) is 6.34. The normalized spacial score (nSPS) is 22.1. The van der Waals surface area contributed by atoms with E-state index in [1.165, 1.54) is 25.8 Å². The van der Waals surface area contributed by atoms with Crippen LogP contribution in [-0.4, -0.2) is 46.5 Å². The Bertz CT molecular complexity index is 698. The predicted molar refractivity (Wildman–Crippen MR) is 84.6 cm³/mol. The Morgan fingerprint density at radius 1 is 1.27 bits per heavy atom. The molecule has 1 saturated carbocycles. The molecule has 1 amide bonds. The van der Waals surface area contributed by atoms with Gasteiger partial charge in [-0.25, -0.2) is 9.97 Å². The van der Waals surface area contributed by atoms with Gasteiger partial charge in [-0.15, -0.1) is 0 Å². The molecule has 0 aromatic carbocycles. The number of aromatic nitrogens is 2. The van der Waals surface area contributed by atoms with Gasteiger partial charge >= 0.3 is 0 Å². The first-order valence-electron chi connectivity index (χ1n) is 8.03. The Morgan fingerprint density at radius 3 is 3.05 bits per heavy atom. The zero-order valence-corrected chi connectivity index (χ0v) is 12.5. The standard InChI is InChI=1S/C17H20N4O/c22-17(15-6-3-13-2-1-8-18-16(13)20-15)19-10-12-7-9-21(11-12)14-4-5-14/h1-3,6,8,12,14H,4-5,7,9-11H2,(H,19,22). The second-order valence-electron chi connectivity index (χ2n) is 6.34. The Balaban J connectivity index is 1.36. The summed E-state index contributed by atoms with van der Waals surface area (Å²) in [4.78, 5) is 23.4. The van der Waals surface area contributed by atoms with Gasteiger partial charge in [-0.3, -0.25) is 4.79 Å². The third kappa shape index (κ3) is 2.81. The van der Waals surface area contributed by atoms with Crippen molar-refractivity contribution in [3.05, 3.63) is 36.2 Å². The summed E-state index contributed by atoms with van der Waals surface area (Å²) in [7, 11) is 0. The third-order valence-electron chi connectivity index (χ3n) is 4.63. The summed E-state index contributed by atoms with van der Waals surface area (Å²) in [6, 6.07) is 8.31. The number of pyridine rings is 2. The summed E-state index contributed by atoms with van der Waals surface area (Å²) in [6.07, 6.45) is 5.59. The highest BCUT2D eigenvalue weighted by Gasteiger charge is 2.34. The number of likely N-dealkylation sites (tertiary alicyclic amines) is 1. The predicted octanol–water partition coefficient (Wildman–Crippen LogP) is 1.84. The van der Waals surface area contributed by atoms with E-state index in [0.717, 1.165) is 24.5 Å². The molecule has 5 heteroatoms. The van der Waals surface area contributed by atoms with Crippen LogP contribution in [-0.2, 0) is 0 Å². The average Bonchev–Trinajstić information content (AvgIpc) is 3.31. The molecule has 1 atom stereocenters. The number of nitrogens with one attached hydrogen (secondary N) is 1. The molecule has 0 bridgehead atoms. The van der Waals surface area contributed by atoms with Crippen LogP contribution < -0.4 is 5.32 Å². The number of carbonyl (C=O) groups excluding carboxylic acids is 1. The molecule has 2 aromatic rings. The smallest absolute Gasteiger partial charge is 0.269 e. The van der Waals surface area contributed by atoms with Crippen LogP contribution in [0.1, 0.15) is 29.8 Å². The van der Waals surface area contributed by atoms with Gasteiger partial charge in [0, 0.05) is 30.7 Å². The first-order valence-corrected chi connectivity index (χ1v) is 8.03. The van der Waals surface area contributed by atoms with Crippen LogP contribution >= 0.6 is 0 Å². The highest BCUT2D eigenvalue weighted by Crippen LogP contribution is 2.31. The number of hydrogen-bond acceptors (Lipinski definition) is 4. The molecule has 1 aliphatic heterocycles. The van der Waals surface area contributed by atoms with Gasteiger partial charge in [0.1, 0.15) is 5.69 Å². The maximum Gasteiger partial charge on any atom is 0.269 e. The largest absolute Gasteiger partial charge is 0.350 e. The number of rotatable bonds is 4. The van der Waals surface area contributed by atoms with E-state index in [-0.39, 0.29) is 5.91 Å². The summed E-state index contributed by atoms with van der Waals surface area (Å²) < 4.78 is 0. The zero-order chi connectivity index (χ0) is 14.9. The number of carbonyl (C=O) groups is 1. The molecular formula is C17H20N4O. The van der Waals surface area contributed by atoms with Gasteiger partial charge in [-0.05, 0) is 56.0 Å². The number of hydrogen-bond donors (Lipinski definition) is 1. The minimum Gasteiger partial charge on any atom is -0.350 e. The fourth-order valence-electron chi connectivity index (χ4n) is 3.21. The molecule has 1 N–H and O–H groups in total. The monoisotopic (exact) mass is 296 g/mol. The Labute approximate surface area is 129 Å². The molecule has 1 aliphatic carbocycles. The summed E-state index contributed by atoms with van der Waals surface area (Å²) in [6.45, 7) is 3.05. The van der Waals surface area contributed by atoms with Gasteiger partial charge in [-0.2, -0.15) is 0 Å². The topological polar surface area (TPSA) is 58.1 Å². The van der Waals surface area contributed by atoms with E-state index in [2.05, 4.69) is 20.2 Å². The third-order valence-corrected chi connectivity index (χ3v) is 4.63. The fourth-order valence-corrected chi connectivity index (χ4v) is 3.21. The van der Waals surface area contributed by atoms with Crippen LogP contribution in [0.5, 0.6) is 0 Å². The summed E-state index contributed by atoms with van der Waals surface area (Å²) in [5.41, 5.74) is 1.07. The minimum absolute atomic E-state index is 0.0996. The Kier molecular flexibility index (Phi) is 3.50. The van der Waals surface area contributed by atoms with Gasteiger partial charge in [0.25, 0.3) is 5.91 Å². The molecule has 3 heterocycles. The molecule has 0 radical (unpaired) electrons. The van der Waals surface area contributed by atoms with Crippen LogP contribution in [0.3, 0.4) is 0 Å². The fraction of sp³-hybridized carbons (Fsp3) is 0.471. The van der Waals surface area contributed by atoms with E-state index in [0.29, 0.717) is 17.3 Å². The molecule has 4 rings (SSSR count). The average molecular weight is 296 g/mol. The minimum atomic E-state index is -0.0996. The lowest BCUT2D eigenvalue weighted by molar-refractivity contribution is 0.0942. The molecule has 2 fully saturated rings. The van der Waals surface area contributed by atoms with Crippen molar-refractivity contribution < 1.29 is 4.79 Å². The molecule has 2 aromatic heterocycles. The Hall–Kier alpha value is -2.01. The van der Waals surface area contributed by atoms with Crippen LogP contribution in [0.2, 0.25) is 0 Å². The van der Waals surface area contributed by atoms with Crippen molar-refractivity contribution in [3.63, 3.8) is 0 Å². The molecule has 0 spiro atoms. The van der Waals surface area contributed by atoms with Crippen LogP contribution in [0.25, 0.3) is 11.0 Å². The van der Waals surface area contributed by atoms with Crippen LogP contribution in [0, 0.1) is 5.92 Å². The molecule has 1 unspecified atom stereocenters. The van der Waals surface area contributed by atoms with E-state index in [1.807, 2.05) is 18.2 Å². The second kappa shape index (κ2) is 5.65. The lowest BCUT2D eigenvalue weighted by atomic mass is 10.1. The lowest BCUT2D eigenvalue weighted by Crippen LogP contribution is -2.32. The quantitative estimate of drug-likeness (QED) is 0.935. The van der Waals surface area contributed by atoms with Gasteiger partial charge in [0.2, 0.25) is 0 Å². The lowest BCUT2D eigenvalue weighted by Gasteiger charge is -2.15. The molecule has 22 heavy (non-hydrogen) atoms. The zero-order valence-electron chi connectivity index (χ0n) is 12.5. The van der Waals surface area contributed by atoms with E-state index >= 15 is 0 Å². The first-order chi connectivity index (χ1) is 10.8. The molecular weight excluding hydrogens is 276 g/mol. The van der Waals surface area contributed by atoms with Crippen molar-refractivity contribution in [2.45, 2.75) is 25.3 Å². The first kappa shape index (κ1) is 13.6. The van der Waals surface area contributed by atoms with Gasteiger partial charge < -0.3 is 10.2 Å². The highest BCUT2D eigenvalue weighted by molar-refractivity contribution is 5.94. The van der Waals surface area contributed by atoms with Crippen molar-refractivity contribution in [1.29, 1.82) is 0 Å². The van der Waals surface area contributed by atoms with Crippen molar-refractivity contribution in [2.75, 3.05) is 19.6 Å². The van der Waals surface area contributed by atoms with E-state index in [1.54, 1.807) is 12.3 Å². The van der Waals surface area contributed by atoms with E-state index in [4.69, 9.17) is 0 Å². The highest BCUT2D eigenvalue weighted by atomic mass is 16.1. The van der Waals surface area contributed by atoms with Gasteiger partial charge in [-0.1, -0.05) is 0 Å². The van der Waals surface area contributed by atoms with Crippen molar-refractivity contribution in [1.82, 2.24) is 20.2 Å². The van der Waals surface area contributed by atoms with Crippen LogP contribution in [0.4, 0.5) is 0 Å². The van der Waals surface area contributed by atoms with E-state index in [9.17, 15) is 4.79 Å². The van der Waals surface area contributed by atoms with Gasteiger partial charge in [0.15, 0.2) is 5.65 Å². The SMILES string of the molecule is O=C(NCC1CCN(C2CC2)C1)c1ccc2cccnc2n1. The summed E-state index contributed by atoms with van der Waals surface area (Å²) in [5, 5.41) is 3.98.